The molecule has 0 unspecified atom stereocenters. The van der Waals surface area contributed by atoms with Crippen LogP contribution in [0.2, 0.25) is 0 Å². The van der Waals surface area contributed by atoms with Crippen molar-refractivity contribution in [3.05, 3.63) is 35.4 Å². The van der Waals surface area contributed by atoms with Gasteiger partial charge in [0.2, 0.25) is 0 Å². The second-order valence-electron chi connectivity index (χ2n) is 4.26. The van der Waals surface area contributed by atoms with Gasteiger partial charge in [0.1, 0.15) is 0 Å². The van der Waals surface area contributed by atoms with E-state index in [0.29, 0.717) is 23.5 Å². The van der Waals surface area contributed by atoms with Gasteiger partial charge >= 0.3 is 6.55 Å². The van der Waals surface area contributed by atoms with Crippen molar-refractivity contribution in [3.63, 3.8) is 0 Å². The molecule has 19 heavy (non-hydrogen) atoms. The minimum absolute atomic E-state index is 0.452. The van der Waals surface area contributed by atoms with Crippen molar-refractivity contribution in [2.24, 2.45) is 0 Å². The molecule has 0 radical (unpaired) electrons. The zero-order chi connectivity index (χ0) is 13.8. The molecule has 0 fully saturated rings. The Morgan fingerprint density at radius 2 is 2.16 bits per heavy atom. The predicted octanol–water partition coefficient (Wildman–Crippen LogP) is 2.09. The Labute approximate surface area is 110 Å². The average molecular weight is 269 g/mol. The predicted molar refractivity (Wildman–Crippen MR) is 66.7 cm³/mol. The van der Waals surface area contributed by atoms with E-state index in [4.69, 9.17) is 0 Å². The lowest BCUT2D eigenvalue weighted by atomic mass is 10.2. The van der Waals surface area contributed by atoms with Crippen LogP contribution in [0.4, 0.5) is 8.78 Å². The summed E-state index contributed by atoms with van der Waals surface area (Å²) in [5, 5.41) is 11.2. The van der Waals surface area contributed by atoms with E-state index in [1.165, 1.54) is 6.20 Å². The molecule has 1 N–H and O–H groups in total. The van der Waals surface area contributed by atoms with Gasteiger partial charge in [-0.25, -0.2) is 4.68 Å². The second-order valence-corrected chi connectivity index (χ2v) is 4.26. The molecular weight excluding hydrogens is 252 g/mol. The van der Waals surface area contributed by atoms with Crippen molar-refractivity contribution in [1.82, 2.24) is 24.9 Å². The van der Waals surface area contributed by atoms with Crippen LogP contribution < -0.4 is 5.32 Å². The van der Waals surface area contributed by atoms with Crippen LogP contribution in [0, 0.1) is 6.92 Å². The third-order valence-corrected chi connectivity index (χ3v) is 2.92. The van der Waals surface area contributed by atoms with Gasteiger partial charge < -0.3 is 5.32 Å². The number of aromatic nitrogens is 4. The highest BCUT2D eigenvalue weighted by atomic mass is 19.3. The fraction of sp³-hybridized carbons (Fsp3) is 0.500. The average Bonchev–Trinajstić information content (AvgIpc) is 2.98. The van der Waals surface area contributed by atoms with Gasteiger partial charge in [-0.2, -0.15) is 19.0 Å². The SMILES string of the molecule is CCn1ncc(C)c1CNCc1ccn(C(F)F)n1. The molecule has 0 saturated heterocycles. The van der Waals surface area contributed by atoms with Crippen molar-refractivity contribution in [1.29, 1.82) is 0 Å². The zero-order valence-electron chi connectivity index (χ0n) is 11.0. The lowest BCUT2D eigenvalue weighted by Gasteiger charge is -2.07. The molecule has 2 heterocycles. The van der Waals surface area contributed by atoms with Gasteiger partial charge in [-0.05, 0) is 25.5 Å². The first-order chi connectivity index (χ1) is 9.11. The molecule has 104 valence electrons. The molecule has 7 heteroatoms. The summed E-state index contributed by atoms with van der Waals surface area (Å²) in [6.07, 6.45) is 3.11. The Kier molecular flexibility index (Phi) is 4.26. The first kappa shape index (κ1) is 13.7. The van der Waals surface area contributed by atoms with E-state index >= 15 is 0 Å². The van der Waals surface area contributed by atoms with E-state index in [1.54, 1.807) is 6.07 Å². The highest BCUT2D eigenvalue weighted by Gasteiger charge is 2.08. The van der Waals surface area contributed by atoms with Crippen LogP contribution in [-0.2, 0) is 19.6 Å². The Bertz CT molecular complexity index is 532. The quantitative estimate of drug-likeness (QED) is 0.873. The summed E-state index contributed by atoms with van der Waals surface area (Å²) in [6.45, 7) is 3.35. The molecule has 2 aromatic rings. The minimum Gasteiger partial charge on any atom is -0.305 e. The summed E-state index contributed by atoms with van der Waals surface area (Å²) >= 11 is 0. The van der Waals surface area contributed by atoms with E-state index in [9.17, 15) is 8.78 Å². The second kappa shape index (κ2) is 5.92. The van der Waals surface area contributed by atoms with Crippen molar-refractivity contribution >= 4 is 0 Å². The Hall–Kier alpha value is -1.76. The Morgan fingerprint density at radius 3 is 2.79 bits per heavy atom. The summed E-state index contributed by atoms with van der Waals surface area (Å²) in [5.74, 6) is 0. The zero-order valence-corrected chi connectivity index (χ0v) is 11.0. The first-order valence-electron chi connectivity index (χ1n) is 6.16. The standard InChI is InChI=1S/C12H17F2N5/c1-3-18-11(9(2)6-16-18)8-15-7-10-4-5-19(17-10)12(13)14/h4-6,12,15H,3,7-8H2,1-2H3. The normalized spacial score (nSPS) is 11.4. The van der Waals surface area contributed by atoms with Gasteiger partial charge in [0.25, 0.3) is 0 Å². The van der Waals surface area contributed by atoms with Crippen LogP contribution >= 0.6 is 0 Å². The summed E-state index contributed by atoms with van der Waals surface area (Å²) in [6, 6.07) is 1.59. The summed E-state index contributed by atoms with van der Waals surface area (Å²) < 4.78 is 27.3. The van der Waals surface area contributed by atoms with Crippen molar-refractivity contribution < 1.29 is 8.78 Å². The number of halogens is 2. The molecular formula is C12H17F2N5. The van der Waals surface area contributed by atoms with Crippen LogP contribution in [0.5, 0.6) is 0 Å². The minimum atomic E-state index is -2.59. The molecule has 0 amide bonds. The number of alkyl halides is 2. The molecule has 0 atom stereocenters. The Balaban J connectivity index is 1.90. The van der Waals surface area contributed by atoms with Gasteiger partial charge in [-0.15, -0.1) is 0 Å². The molecule has 0 aliphatic carbocycles. The molecule has 0 saturated carbocycles. The van der Waals surface area contributed by atoms with Gasteiger partial charge in [-0.3, -0.25) is 4.68 Å². The monoisotopic (exact) mass is 269 g/mol. The molecule has 0 bridgehead atoms. The largest absolute Gasteiger partial charge is 0.333 e. The van der Waals surface area contributed by atoms with Crippen molar-refractivity contribution in [2.75, 3.05) is 0 Å². The Morgan fingerprint density at radius 1 is 1.37 bits per heavy atom. The van der Waals surface area contributed by atoms with Gasteiger partial charge in [0.05, 0.1) is 17.6 Å². The molecule has 0 spiro atoms. The molecule has 0 aliphatic rings. The molecule has 0 aromatic carbocycles. The third-order valence-electron chi connectivity index (χ3n) is 2.92. The van der Waals surface area contributed by atoms with E-state index in [1.807, 2.05) is 24.7 Å². The maximum atomic E-state index is 12.3. The maximum absolute atomic E-state index is 12.3. The highest BCUT2D eigenvalue weighted by molar-refractivity contribution is 5.15. The van der Waals surface area contributed by atoms with Gasteiger partial charge in [-0.1, -0.05) is 0 Å². The van der Waals surface area contributed by atoms with Crippen LogP contribution in [0.1, 0.15) is 30.4 Å². The van der Waals surface area contributed by atoms with E-state index in [2.05, 4.69) is 15.5 Å². The van der Waals surface area contributed by atoms with Gasteiger partial charge in [0.15, 0.2) is 0 Å². The maximum Gasteiger partial charge on any atom is 0.333 e. The van der Waals surface area contributed by atoms with Gasteiger partial charge in [0, 0.05) is 25.8 Å². The number of hydrogen-bond donors (Lipinski definition) is 1. The summed E-state index contributed by atoms with van der Waals surface area (Å²) in [7, 11) is 0. The number of rotatable bonds is 6. The summed E-state index contributed by atoms with van der Waals surface area (Å²) in [4.78, 5) is 0. The van der Waals surface area contributed by atoms with Crippen LogP contribution in [0.3, 0.4) is 0 Å². The molecule has 2 aromatic heterocycles. The third kappa shape index (κ3) is 3.17. The molecule has 2 rings (SSSR count). The van der Waals surface area contributed by atoms with E-state index < -0.39 is 6.55 Å². The number of hydrogen-bond acceptors (Lipinski definition) is 3. The summed E-state index contributed by atoms with van der Waals surface area (Å²) in [5.41, 5.74) is 2.82. The molecule has 0 aliphatic heterocycles. The fourth-order valence-corrected chi connectivity index (χ4v) is 1.90. The topological polar surface area (TPSA) is 47.7 Å². The van der Waals surface area contributed by atoms with E-state index in [0.717, 1.165) is 17.8 Å². The van der Waals surface area contributed by atoms with Crippen LogP contribution in [0.15, 0.2) is 18.5 Å². The lowest BCUT2D eigenvalue weighted by molar-refractivity contribution is 0.0561. The first-order valence-corrected chi connectivity index (χ1v) is 6.16. The smallest absolute Gasteiger partial charge is 0.305 e. The lowest BCUT2D eigenvalue weighted by Crippen LogP contribution is -2.17. The fourth-order valence-electron chi connectivity index (χ4n) is 1.90. The van der Waals surface area contributed by atoms with Crippen molar-refractivity contribution in [3.8, 4) is 0 Å². The molecule has 5 nitrogen and oxygen atoms in total. The number of nitrogens with zero attached hydrogens (tertiary/aromatic N) is 4. The highest BCUT2D eigenvalue weighted by Crippen LogP contribution is 2.09. The van der Waals surface area contributed by atoms with Crippen LogP contribution in [-0.4, -0.2) is 19.6 Å². The van der Waals surface area contributed by atoms with Crippen molar-refractivity contribution in [2.45, 2.75) is 40.0 Å². The van der Waals surface area contributed by atoms with E-state index in [-0.39, 0.29) is 0 Å². The number of aryl methyl sites for hydroxylation is 2. The van der Waals surface area contributed by atoms with Crippen LogP contribution in [0.25, 0.3) is 0 Å². The number of nitrogens with one attached hydrogen (secondary N) is 1.